The Labute approximate surface area is 182 Å². The van der Waals surface area contributed by atoms with E-state index in [0.29, 0.717) is 11.1 Å². The Morgan fingerprint density at radius 1 is 1.20 bits per heavy atom. The first kappa shape index (κ1) is 21.1. The molecule has 30 heavy (non-hydrogen) atoms. The van der Waals surface area contributed by atoms with Crippen LogP contribution in [0.2, 0.25) is 0 Å². The maximum absolute atomic E-state index is 12.8. The number of carbonyl (C=O) groups is 1. The van der Waals surface area contributed by atoms with Crippen LogP contribution in [-0.2, 0) is 12.5 Å². The van der Waals surface area contributed by atoms with Gasteiger partial charge in [-0.25, -0.2) is 0 Å². The predicted octanol–water partition coefficient (Wildman–Crippen LogP) is 4.70. The predicted molar refractivity (Wildman–Crippen MR) is 123 cm³/mol. The Kier molecular flexibility index (Phi) is 5.75. The van der Waals surface area contributed by atoms with Gasteiger partial charge in [-0.05, 0) is 79.8 Å². The van der Waals surface area contributed by atoms with Crippen LogP contribution in [0.5, 0.6) is 0 Å². The standard InChI is InChI=1S/C25H36N4O.H2/c1-24(2,3)12-16-29-17-13-25(14-18-29)11-9-21(19-7-5-6-8-20(19)25)27-23(30)22-10-15-26-28(22)4;/h5-8,10,15,21H,9,11-14,16-18H2,1-4H3,(H,27,30);1H/t21-;/m0./s1. The highest BCUT2D eigenvalue weighted by Gasteiger charge is 2.42. The zero-order valence-electron chi connectivity index (χ0n) is 18.9. The number of carbonyl (C=O) groups excluding carboxylic acids is 1. The second kappa shape index (κ2) is 8.18. The first-order valence-electron chi connectivity index (χ1n) is 11.4. The third-order valence-corrected chi connectivity index (χ3v) is 7.17. The number of amides is 1. The number of rotatable bonds is 4. The largest absolute Gasteiger partial charge is 0.344 e. The molecule has 2 heterocycles. The summed E-state index contributed by atoms with van der Waals surface area (Å²) in [4.78, 5) is 15.4. The van der Waals surface area contributed by atoms with Gasteiger partial charge in [0.25, 0.3) is 5.91 Å². The fraction of sp³-hybridized carbons (Fsp3) is 0.600. The average molecular weight is 411 g/mol. The number of aromatic nitrogens is 2. The number of aryl methyl sites for hydroxylation is 1. The van der Waals surface area contributed by atoms with E-state index in [0.717, 1.165) is 12.8 Å². The molecule has 1 atom stereocenters. The van der Waals surface area contributed by atoms with Gasteiger partial charge in [-0.15, -0.1) is 0 Å². The van der Waals surface area contributed by atoms with Gasteiger partial charge in [0, 0.05) is 14.7 Å². The van der Waals surface area contributed by atoms with Crippen LogP contribution in [0.25, 0.3) is 0 Å². The minimum atomic E-state index is -0.0391. The van der Waals surface area contributed by atoms with E-state index in [-0.39, 0.29) is 18.8 Å². The van der Waals surface area contributed by atoms with Crippen molar-refractivity contribution in [2.75, 3.05) is 19.6 Å². The maximum atomic E-state index is 12.8. The molecule has 164 valence electrons. The molecule has 5 heteroatoms. The van der Waals surface area contributed by atoms with Crippen LogP contribution in [0.1, 0.15) is 82.0 Å². The lowest BCUT2D eigenvalue weighted by atomic mass is 9.63. The van der Waals surface area contributed by atoms with E-state index in [1.54, 1.807) is 16.9 Å². The molecule has 1 aromatic carbocycles. The van der Waals surface area contributed by atoms with Gasteiger partial charge in [-0.3, -0.25) is 9.48 Å². The van der Waals surface area contributed by atoms with E-state index in [2.05, 4.69) is 60.4 Å². The molecule has 4 rings (SSSR count). The van der Waals surface area contributed by atoms with Crippen molar-refractivity contribution in [3.05, 3.63) is 53.3 Å². The quantitative estimate of drug-likeness (QED) is 0.795. The van der Waals surface area contributed by atoms with Gasteiger partial charge >= 0.3 is 0 Å². The van der Waals surface area contributed by atoms with E-state index in [9.17, 15) is 4.79 Å². The van der Waals surface area contributed by atoms with Crippen LogP contribution in [-0.4, -0.2) is 40.2 Å². The highest BCUT2D eigenvalue weighted by molar-refractivity contribution is 5.92. The SMILES string of the molecule is Cn1nccc1C(=O)N[C@H]1CCC2(CCN(CCC(C)(C)C)CC2)c2ccccc21.[HH]. The second-order valence-corrected chi connectivity index (χ2v) is 10.4. The van der Waals surface area contributed by atoms with Gasteiger partial charge in [0.05, 0.1) is 6.04 Å². The molecule has 1 saturated heterocycles. The molecular formula is C25H38N4O. The zero-order valence-corrected chi connectivity index (χ0v) is 18.9. The minimum Gasteiger partial charge on any atom is -0.344 e. The first-order valence-corrected chi connectivity index (χ1v) is 11.4. The highest BCUT2D eigenvalue weighted by atomic mass is 16.2. The zero-order chi connectivity index (χ0) is 21.4. The number of nitrogens with zero attached hydrogens (tertiary/aromatic N) is 3. The van der Waals surface area contributed by atoms with Gasteiger partial charge in [0.15, 0.2) is 0 Å². The Morgan fingerprint density at radius 3 is 2.60 bits per heavy atom. The van der Waals surface area contributed by atoms with Crippen molar-refractivity contribution < 1.29 is 6.22 Å². The molecule has 0 radical (unpaired) electrons. The third kappa shape index (κ3) is 4.31. The van der Waals surface area contributed by atoms with Crippen molar-refractivity contribution >= 4 is 5.91 Å². The van der Waals surface area contributed by atoms with Crippen molar-refractivity contribution in [3.8, 4) is 0 Å². The summed E-state index contributed by atoms with van der Waals surface area (Å²) in [5, 5.41) is 7.41. The molecule has 2 aliphatic rings. The molecular weight excluding hydrogens is 372 g/mol. The van der Waals surface area contributed by atoms with E-state index in [4.69, 9.17) is 0 Å². The summed E-state index contributed by atoms with van der Waals surface area (Å²) < 4.78 is 1.64. The molecule has 1 spiro atoms. The topological polar surface area (TPSA) is 50.2 Å². The summed E-state index contributed by atoms with van der Waals surface area (Å²) in [7, 11) is 1.81. The molecule has 1 aliphatic heterocycles. The van der Waals surface area contributed by atoms with Gasteiger partial charge < -0.3 is 10.2 Å². The first-order chi connectivity index (χ1) is 14.3. The Balaban J connectivity index is 0.00000272. The van der Waals surface area contributed by atoms with Gasteiger partial charge in [-0.2, -0.15) is 5.10 Å². The number of fused-ring (bicyclic) bond motifs is 2. The lowest BCUT2D eigenvalue weighted by molar-refractivity contribution is 0.0905. The molecule has 0 unspecified atom stereocenters. The molecule has 0 bridgehead atoms. The second-order valence-electron chi connectivity index (χ2n) is 10.4. The van der Waals surface area contributed by atoms with Gasteiger partial charge in [0.1, 0.15) is 5.69 Å². The van der Waals surface area contributed by atoms with Gasteiger partial charge in [-0.1, -0.05) is 45.0 Å². The molecule has 5 nitrogen and oxygen atoms in total. The van der Waals surface area contributed by atoms with Crippen molar-refractivity contribution in [3.63, 3.8) is 0 Å². The molecule has 2 aromatic rings. The Hall–Kier alpha value is -2.14. The van der Waals surface area contributed by atoms with Crippen LogP contribution < -0.4 is 5.32 Å². The van der Waals surface area contributed by atoms with Crippen molar-refractivity contribution in [2.24, 2.45) is 12.5 Å². The number of hydrogen-bond donors (Lipinski definition) is 1. The molecule has 1 N–H and O–H groups in total. The van der Waals surface area contributed by atoms with Gasteiger partial charge in [0.2, 0.25) is 0 Å². The van der Waals surface area contributed by atoms with Crippen LogP contribution in [0.3, 0.4) is 0 Å². The smallest absolute Gasteiger partial charge is 0.270 e. The molecule has 1 aromatic heterocycles. The Morgan fingerprint density at radius 2 is 1.93 bits per heavy atom. The Bertz CT molecular complexity index is 893. The summed E-state index contributed by atoms with van der Waals surface area (Å²) in [6.45, 7) is 10.5. The van der Waals surface area contributed by atoms with Crippen molar-refractivity contribution in [1.82, 2.24) is 20.0 Å². The van der Waals surface area contributed by atoms with E-state index < -0.39 is 0 Å². The van der Waals surface area contributed by atoms with E-state index in [1.165, 1.54) is 50.0 Å². The van der Waals surface area contributed by atoms with Crippen LogP contribution in [0, 0.1) is 5.41 Å². The molecule has 1 aliphatic carbocycles. The van der Waals surface area contributed by atoms with Crippen LogP contribution >= 0.6 is 0 Å². The fourth-order valence-electron chi connectivity index (χ4n) is 5.19. The summed E-state index contributed by atoms with van der Waals surface area (Å²) in [6, 6.07) is 10.7. The number of likely N-dealkylation sites (tertiary alicyclic amines) is 1. The van der Waals surface area contributed by atoms with Crippen molar-refractivity contribution in [1.29, 1.82) is 0 Å². The molecule has 1 amide bonds. The highest BCUT2D eigenvalue weighted by Crippen LogP contribution is 2.48. The number of benzene rings is 1. The molecule has 0 saturated carbocycles. The molecule has 1 fully saturated rings. The van der Waals surface area contributed by atoms with Crippen molar-refractivity contribution in [2.45, 2.75) is 64.3 Å². The fourth-order valence-corrected chi connectivity index (χ4v) is 5.19. The maximum Gasteiger partial charge on any atom is 0.270 e. The lowest BCUT2D eigenvalue weighted by Gasteiger charge is -2.47. The lowest BCUT2D eigenvalue weighted by Crippen LogP contribution is -2.46. The minimum absolute atomic E-state index is 0. The summed E-state index contributed by atoms with van der Waals surface area (Å²) in [5.41, 5.74) is 4.04. The summed E-state index contributed by atoms with van der Waals surface area (Å²) in [6.07, 6.45) is 7.51. The van der Waals surface area contributed by atoms with Crippen LogP contribution in [0.4, 0.5) is 0 Å². The average Bonchev–Trinajstić information content (AvgIpc) is 3.15. The monoisotopic (exact) mass is 410 g/mol. The summed E-state index contributed by atoms with van der Waals surface area (Å²) >= 11 is 0. The normalized spacial score (nSPS) is 21.4. The van der Waals surface area contributed by atoms with E-state index >= 15 is 0 Å². The number of nitrogens with one attached hydrogen (secondary N) is 1. The number of piperidine rings is 1. The summed E-state index contributed by atoms with van der Waals surface area (Å²) in [5.74, 6) is -0.0391. The van der Waals surface area contributed by atoms with E-state index in [1.807, 2.05) is 7.05 Å². The third-order valence-electron chi connectivity index (χ3n) is 7.17. The number of hydrogen-bond acceptors (Lipinski definition) is 3. The van der Waals surface area contributed by atoms with Crippen LogP contribution in [0.15, 0.2) is 36.5 Å².